The van der Waals surface area contributed by atoms with Crippen LogP contribution in [0.2, 0.25) is 0 Å². The van der Waals surface area contributed by atoms with E-state index in [1.165, 1.54) is 12.1 Å². The minimum atomic E-state index is -0.560. The van der Waals surface area contributed by atoms with Gasteiger partial charge in [-0.05, 0) is 17.3 Å². The number of nitrogens with one attached hydrogen (secondary N) is 1. The zero-order valence-corrected chi connectivity index (χ0v) is 5.00. The van der Waals surface area contributed by atoms with Crippen molar-refractivity contribution in [2.75, 3.05) is 5.73 Å². The molecular formula is C5H5N3O2. The number of nitrogens with zero attached hydrogens (tertiary/aromatic N) is 1. The number of anilines is 1. The van der Waals surface area contributed by atoms with E-state index in [1.807, 2.05) is 0 Å². The van der Waals surface area contributed by atoms with Crippen LogP contribution in [-0.4, -0.2) is 4.98 Å². The van der Waals surface area contributed by atoms with Crippen LogP contribution in [0.15, 0.2) is 22.1 Å². The summed E-state index contributed by atoms with van der Waals surface area (Å²) in [6.07, 6.45) is 0. The summed E-state index contributed by atoms with van der Waals surface area (Å²) >= 11 is 0. The van der Waals surface area contributed by atoms with Crippen LogP contribution in [0.4, 0.5) is 11.5 Å². The van der Waals surface area contributed by atoms with Crippen molar-refractivity contribution in [3.8, 4) is 0 Å². The topological polar surface area (TPSA) is 88.3 Å². The predicted molar refractivity (Wildman–Crippen MR) is 36.9 cm³/mol. The highest BCUT2D eigenvalue weighted by atomic mass is 16.3. The van der Waals surface area contributed by atoms with E-state index in [4.69, 9.17) is 5.73 Å². The van der Waals surface area contributed by atoms with Gasteiger partial charge in [0, 0.05) is 0 Å². The molecule has 10 heavy (non-hydrogen) atoms. The van der Waals surface area contributed by atoms with Gasteiger partial charge in [-0.1, -0.05) is 0 Å². The maximum Gasteiger partial charge on any atom is 0.278 e. The summed E-state index contributed by atoms with van der Waals surface area (Å²) in [5.74, 6) is 0.220. The van der Waals surface area contributed by atoms with Gasteiger partial charge in [0.15, 0.2) is 5.69 Å². The third-order valence-electron chi connectivity index (χ3n) is 1.01. The van der Waals surface area contributed by atoms with Crippen molar-refractivity contribution in [2.24, 2.45) is 5.18 Å². The van der Waals surface area contributed by atoms with Crippen molar-refractivity contribution in [2.45, 2.75) is 0 Å². The molecule has 1 rings (SSSR count). The number of pyridine rings is 1. The lowest BCUT2D eigenvalue weighted by atomic mass is 10.4. The molecule has 0 saturated carbocycles. The van der Waals surface area contributed by atoms with Crippen LogP contribution in [0.3, 0.4) is 0 Å². The second-order valence-corrected chi connectivity index (χ2v) is 1.72. The Morgan fingerprint density at radius 1 is 1.50 bits per heavy atom. The van der Waals surface area contributed by atoms with Crippen molar-refractivity contribution in [1.82, 2.24) is 4.98 Å². The number of aromatic amines is 1. The first-order valence-electron chi connectivity index (χ1n) is 2.56. The van der Waals surface area contributed by atoms with E-state index in [1.54, 1.807) is 0 Å². The van der Waals surface area contributed by atoms with Gasteiger partial charge in [0.1, 0.15) is 5.82 Å². The highest BCUT2D eigenvalue weighted by molar-refractivity contribution is 5.39. The maximum atomic E-state index is 10.6. The molecule has 1 aromatic rings. The molecule has 0 aliphatic rings. The summed E-state index contributed by atoms with van der Waals surface area (Å²) in [5, 5.41) is 2.46. The molecule has 0 aliphatic heterocycles. The Balaban J connectivity index is 3.33. The molecular weight excluding hydrogens is 134 g/mol. The van der Waals surface area contributed by atoms with E-state index in [9.17, 15) is 9.70 Å². The average molecular weight is 139 g/mol. The molecule has 0 unspecified atom stereocenters. The normalized spacial score (nSPS) is 9.20. The maximum absolute atomic E-state index is 10.6. The summed E-state index contributed by atoms with van der Waals surface area (Å²) in [7, 11) is 0. The molecule has 0 bridgehead atoms. The number of nitrogen functional groups attached to an aromatic ring is 1. The third-order valence-corrected chi connectivity index (χ3v) is 1.01. The fourth-order valence-electron chi connectivity index (χ4n) is 0.553. The largest absolute Gasteiger partial charge is 0.385 e. The van der Waals surface area contributed by atoms with Crippen LogP contribution in [0.25, 0.3) is 0 Å². The van der Waals surface area contributed by atoms with Crippen LogP contribution < -0.4 is 11.3 Å². The molecule has 0 aromatic carbocycles. The van der Waals surface area contributed by atoms with Crippen LogP contribution in [-0.2, 0) is 0 Å². The van der Waals surface area contributed by atoms with E-state index < -0.39 is 5.56 Å². The van der Waals surface area contributed by atoms with E-state index in [0.29, 0.717) is 0 Å². The molecule has 52 valence electrons. The Morgan fingerprint density at radius 2 is 2.20 bits per heavy atom. The summed E-state index contributed by atoms with van der Waals surface area (Å²) in [5.41, 5.74) is 4.46. The van der Waals surface area contributed by atoms with Crippen molar-refractivity contribution >= 4 is 11.5 Å². The Labute approximate surface area is 55.8 Å². The van der Waals surface area contributed by atoms with Crippen molar-refractivity contribution in [1.29, 1.82) is 0 Å². The first-order valence-corrected chi connectivity index (χ1v) is 2.56. The molecule has 0 atom stereocenters. The monoisotopic (exact) mass is 139 g/mol. The van der Waals surface area contributed by atoms with Gasteiger partial charge < -0.3 is 10.7 Å². The zero-order chi connectivity index (χ0) is 7.56. The molecule has 1 heterocycles. The molecule has 3 N–H and O–H groups in total. The molecule has 5 heteroatoms. The summed E-state index contributed by atoms with van der Waals surface area (Å²) in [6, 6.07) is 2.67. The predicted octanol–water partition coefficient (Wildman–Crippen LogP) is 0.355. The number of H-pyrrole nitrogens is 1. The Hall–Kier alpha value is -1.65. The fraction of sp³-hybridized carbons (Fsp3) is 0. The summed E-state index contributed by atoms with van der Waals surface area (Å²) < 4.78 is 0. The van der Waals surface area contributed by atoms with Crippen LogP contribution >= 0.6 is 0 Å². The number of nitrogens with two attached hydrogens (primary N) is 1. The zero-order valence-electron chi connectivity index (χ0n) is 5.00. The third kappa shape index (κ3) is 1.02. The van der Waals surface area contributed by atoms with Crippen molar-refractivity contribution in [3.05, 3.63) is 27.4 Å². The first kappa shape index (κ1) is 6.47. The van der Waals surface area contributed by atoms with Crippen LogP contribution in [0.1, 0.15) is 0 Å². The minimum Gasteiger partial charge on any atom is -0.385 e. The molecule has 0 aliphatic carbocycles. The van der Waals surface area contributed by atoms with Gasteiger partial charge in [0.05, 0.1) is 0 Å². The first-order chi connectivity index (χ1) is 4.74. The standard InChI is InChI=1S/C5H5N3O2/c6-4-2-1-3(8-10)5(9)7-4/h1-2H,(H3,6,7,9). The number of rotatable bonds is 1. The summed E-state index contributed by atoms with van der Waals surface area (Å²) in [6.45, 7) is 0. The molecule has 0 saturated heterocycles. The quantitative estimate of drug-likeness (QED) is 0.550. The van der Waals surface area contributed by atoms with Gasteiger partial charge in [-0.3, -0.25) is 4.79 Å². The molecule has 0 fully saturated rings. The van der Waals surface area contributed by atoms with Crippen molar-refractivity contribution in [3.63, 3.8) is 0 Å². The van der Waals surface area contributed by atoms with Gasteiger partial charge in [-0.15, -0.1) is 4.91 Å². The molecule has 5 nitrogen and oxygen atoms in total. The summed E-state index contributed by atoms with van der Waals surface area (Å²) in [4.78, 5) is 22.7. The van der Waals surface area contributed by atoms with E-state index in [2.05, 4.69) is 10.2 Å². The molecule has 1 aromatic heterocycles. The Kier molecular flexibility index (Phi) is 1.49. The van der Waals surface area contributed by atoms with E-state index >= 15 is 0 Å². The van der Waals surface area contributed by atoms with Gasteiger partial charge in [0.25, 0.3) is 5.56 Å². The lowest BCUT2D eigenvalue weighted by Gasteiger charge is -1.89. The van der Waals surface area contributed by atoms with E-state index in [0.717, 1.165) is 0 Å². The fourth-order valence-corrected chi connectivity index (χ4v) is 0.553. The highest BCUT2D eigenvalue weighted by Crippen LogP contribution is 2.02. The molecule has 0 spiro atoms. The van der Waals surface area contributed by atoms with Crippen LogP contribution in [0, 0.1) is 4.91 Å². The van der Waals surface area contributed by atoms with Crippen LogP contribution in [0.5, 0.6) is 0 Å². The minimum absolute atomic E-state index is 0.158. The molecule has 0 radical (unpaired) electrons. The van der Waals surface area contributed by atoms with E-state index in [-0.39, 0.29) is 11.5 Å². The van der Waals surface area contributed by atoms with Gasteiger partial charge >= 0.3 is 0 Å². The number of hydrogen-bond donors (Lipinski definition) is 2. The number of hydrogen-bond acceptors (Lipinski definition) is 4. The lowest BCUT2D eigenvalue weighted by Crippen LogP contribution is -2.06. The Bertz CT molecular complexity index is 304. The average Bonchev–Trinajstić information content (AvgIpc) is 1.88. The highest BCUT2D eigenvalue weighted by Gasteiger charge is 1.96. The second-order valence-electron chi connectivity index (χ2n) is 1.72. The van der Waals surface area contributed by atoms with Gasteiger partial charge in [-0.2, -0.15) is 0 Å². The number of aromatic nitrogens is 1. The molecule has 0 amide bonds. The number of nitroso groups, excluding NO2 is 1. The Morgan fingerprint density at radius 3 is 2.70 bits per heavy atom. The van der Waals surface area contributed by atoms with Crippen molar-refractivity contribution < 1.29 is 0 Å². The second kappa shape index (κ2) is 2.30. The lowest BCUT2D eigenvalue weighted by molar-refractivity contribution is 1.23. The van der Waals surface area contributed by atoms with Gasteiger partial charge in [0.2, 0.25) is 0 Å². The SMILES string of the molecule is Nc1ccc(N=O)c(=O)[nH]1. The van der Waals surface area contributed by atoms with Gasteiger partial charge in [-0.25, -0.2) is 0 Å². The smallest absolute Gasteiger partial charge is 0.278 e.